The van der Waals surface area contributed by atoms with Crippen LogP contribution in [0.4, 0.5) is 5.69 Å². The molecule has 3 aromatic rings. The third-order valence-corrected chi connectivity index (χ3v) is 5.29. The molecule has 0 aliphatic heterocycles. The Hall–Kier alpha value is -2.25. The summed E-state index contributed by atoms with van der Waals surface area (Å²) in [6.45, 7) is 0. The van der Waals surface area contributed by atoms with E-state index in [-0.39, 0.29) is 11.4 Å². The van der Waals surface area contributed by atoms with E-state index in [9.17, 15) is 13.2 Å². The summed E-state index contributed by atoms with van der Waals surface area (Å²) in [5.74, 6) is -0.181. The van der Waals surface area contributed by atoms with E-state index in [0.717, 1.165) is 5.52 Å². The van der Waals surface area contributed by atoms with Gasteiger partial charge in [0.1, 0.15) is 0 Å². The third-order valence-electron chi connectivity index (χ3n) is 3.79. The first-order valence-corrected chi connectivity index (χ1v) is 9.20. The Morgan fingerprint density at radius 1 is 1.04 bits per heavy atom. The molecule has 0 atom stereocenters. The minimum atomic E-state index is -3.59. The Balaban J connectivity index is 1.91. The molecule has 2 aromatic carbocycles. The van der Waals surface area contributed by atoms with Crippen LogP contribution in [0.15, 0.2) is 47.3 Å². The molecule has 0 unspecified atom stereocenters. The Kier molecular flexibility index (Phi) is 4.15. The number of halogens is 1. The molecule has 0 spiro atoms. The van der Waals surface area contributed by atoms with E-state index in [4.69, 9.17) is 11.6 Å². The molecule has 0 aliphatic rings. The fourth-order valence-electron chi connectivity index (χ4n) is 2.63. The number of aromatic nitrogens is 2. The molecule has 0 amide bonds. The zero-order valence-corrected chi connectivity index (χ0v) is 14.7. The van der Waals surface area contributed by atoms with Crippen molar-refractivity contribution in [3.63, 3.8) is 0 Å². The van der Waals surface area contributed by atoms with Gasteiger partial charge in [0.15, 0.2) is 0 Å². The lowest BCUT2D eigenvalue weighted by molar-refractivity contribution is 0.600. The Morgan fingerprint density at radius 3 is 2.46 bits per heavy atom. The summed E-state index contributed by atoms with van der Waals surface area (Å²) in [4.78, 5) is 11.9. The molecule has 0 saturated heterocycles. The van der Waals surface area contributed by atoms with Crippen molar-refractivity contribution in [1.82, 2.24) is 9.13 Å². The predicted molar refractivity (Wildman–Crippen MR) is 95.9 cm³/mol. The number of nitrogens with one attached hydrogen (secondary N) is 1. The maximum atomic E-state index is 12.3. The lowest BCUT2D eigenvalue weighted by Crippen LogP contribution is -2.19. The molecule has 0 aliphatic carbocycles. The second kappa shape index (κ2) is 5.99. The number of aryl methyl sites for hydroxylation is 2. The molecule has 1 heterocycles. The molecule has 126 valence electrons. The first-order chi connectivity index (χ1) is 11.3. The van der Waals surface area contributed by atoms with E-state index in [1.807, 2.05) is 0 Å². The highest BCUT2D eigenvalue weighted by Gasteiger charge is 2.14. The van der Waals surface area contributed by atoms with Gasteiger partial charge < -0.3 is 0 Å². The summed E-state index contributed by atoms with van der Waals surface area (Å²) < 4.78 is 30.2. The van der Waals surface area contributed by atoms with E-state index in [1.54, 1.807) is 56.6 Å². The van der Waals surface area contributed by atoms with Gasteiger partial charge in [-0.2, -0.15) is 0 Å². The van der Waals surface area contributed by atoms with Gasteiger partial charge in [0, 0.05) is 19.1 Å². The number of rotatable bonds is 4. The van der Waals surface area contributed by atoms with Crippen molar-refractivity contribution in [1.29, 1.82) is 0 Å². The molecule has 1 aromatic heterocycles. The molecule has 6 nitrogen and oxygen atoms in total. The van der Waals surface area contributed by atoms with Crippen molar-refractivity contribution >= 4 is 38.3 Å². The van der Waals surface area contributed by atoms with Crippen LogP contribution in [0.5, 0.6) is 0 Å². The van der Waals surface area contributed by atoms with Gasteiger partial charge in [-0.05, 0) is 35.9 Å². The van der Waals surface area contributed by atoms with Crippen molar-refractivity contribution in [2.75, 3.05) is 4.72 Å². The van der Waals surface area contributed by atoms with Gasteiger partial charge in [-0.1, -0.05) is 23.7 Å². The zero-order valence-electron chi connectivity index (χ0n) is 13.2. The van der Waals surface area contributed by atoms with Crippen LogP contribution in [0.25, 0.3) is 11.0 Å². The summed E-state index contributed by atoms with van der Waals surface area (Å²) in [6, 6.07) is 11.7. The normalized spacial score (nSPS) is 11.8. The fraction of sp³-hybridized carbons (Fsp3) is 0.188. The lowest BCUT2D eigenvalue weighted by atomic mass is 10.2. The predicted octanol–water partition coefficient (Wildman–Crippen LogP) is 2.47. The number of benzene rings is 2. The van der Waals surface area contributed by atoms with E-state index < -0.39 is 10.0 Å². The van der Waals surface area contributed by atoms with Crippen molar-refractivity contribution in [3.8, 4) is 0 Å². The summed E-state index contributed by atoms with van der Waals surface area (Å²) in [7, 11) is -0.270. The van der Waals surface area contributed by atoms with Gasteiger partial charge >= 0.3 is 5.69 Å². The van der Waals surface area contributed by atoms with Crippen LogP contribution in [0, 0.1) is 0 Å². The van der Waals surface area contributed by atoms with Crippen LogP contribution in [0.3, 0.4) is 0 Å². The summed E-state index contributed by atoms with van der Waals surface area (Å²) in [6.07, 6.45) is 0. The molecule has 8 heteroatoms. The van der Waals surface area contributed by atoms with Crippen LogP contribution in [0.1, 0.15) is 5.56 Å². The Morgan fingerprint density at radius 2 is 1.75 bits per heavy atom. The molecular weight excluding hydrogens is 350 g/mol. The van der Waals surface area contributed by atoms with Gasteiger partial charge in [0.2, 0.25) is 10.0 Å². The molecule has 0 saturated carbocycles. The summed E-state index contributed by atoms with van der Waals surface area (Å²) in [5, 5.41) is 0.489. The average molecular weight is 366 g/mol. The summed E-state index contributed by atoms with van der Waals surface area (Å²) in [5.41, 5.74) is 2.24. The molecular formula is C16H16ClN3O3S. The number of anilines is 1. The molecule has 3 rings (SSSR count). The molecule has 0 bridgehead atoms. The second-order valence-corrected chi connectivity index (χ2v) is 7.75. The maximum absolute atomic E-state index is 12.3. The number of fused-ring (bicyclic) bond motifs is 1. The number of sulfonamides is 1. The van der Waals surface area contributed by atoms with E-state index in [2.05, 4.69) is 4.72 Å². The van der Waals surface area contributed by atoms with E-state index >= 15 is 0 Å². The van der Waals surface area contributed by atoms with Gasteiger partial charge in [-0.3, -0.25) is 13.9 Å². The quantitative estimate of drug-likeness (QED) is 0.771. The van der Waals surface area contributed by atoms with E-state index in [1.165, 1.54) is 9.13 Å². The van der Waals surface area contributed by atoms with Crippen molar-refractivity contribution in [2.45, 2.75) is 5.75 Å². The van der Waals surface area contributed by atoms with Gasteiger partial charge in [0.05, 0.1) is 22.5 Å². The first kappa shape index (κ1) is 16.6. The Bertz CT molecular complexity index is 1080. The van der Waals surface area contributed by atoms with E-state index in [0.29, 0.717) is 21.8 Å². The smallest absolute Gasteiger partial charge is 0.295 e. The fourth-order valence-corrected chi connectivity index (χ4v) is 4.02. The molecule has 0 radical (unpaired) electrons. The lowest BCUT2D eigenvalue weighted by Gasteiger charge is -2.09. The highest BCUT2D eigenvalue weighted by molar-refractivity contribution is 7.91. The topological polar surface area (TPSA) is 73.1 Å². The van der Waals surface area contributed by atoms with Crippen LogP contribution in [-0.4, -0.2) is 17.6 Å². The largest absolute Gasteiger partial charge is 0.328 e. The minimum absolute atomic E-state index is 0.163. The highest BCUT2D eigenvalue weighted by Crippen LogP contribution is 2.20. The van der Waals surface area contributed by atoms with Crippen LogP contribution >= 0.6 is 11.6 Å². The third kappa shape index (κ3) is 3.18. The van der Waals surface area contributed by atoms with Crippen molar-refractivity contribution in [3.05, 3.63) is 63.5 Å². The van der Waals surface area contributed by atoms with Crippen molar-refractivity contribution in [2.24, 2.45) is 14.1 Å². The monoisotopic (exact) mass is 365 g/mol. The number of hydrogen-bond acceptors (Lipinski definition) is 3. The number of hydrogen-bond donors (Lipinski definition) is 1. The van der Waals surface area contributed by atoms with Crippen LogP contribution in [0.2, 0.25) is 5.02 Å². The van der Waals surface area contributed by atoms with Gasteiger partial charge in [-0.25, -0.2) is 13.2 Å². The highest BCUT2D eigenvalue weighted by atomic mass is 35.5. The van der Waals surface area contributed by atoms with Gasteiger partial charge in [-0.15, -0.1) is 0 Å². The average Bonchev–Trinajstić information content (AvgIpc) is 2.71. The van der Waals surface area contributed by atoms with Crippen LogP contribution in [-0.2, 0) is 29.9 Å². The molecule has 24 heavy (non-hydrogen) atoms. The zero-order chi connectivity index (χ0) is 17.5. The second-order valence-electron chi connectivity index (χ2n) is 5.60. The summed E-state index contributed by atoms with van der Waals surface area (Å²) >= 11 is 5.88. The maximum Gasteiger partial charge on any atom is 0.328 e. The minimum Gasteiger partial charge on any atom is -0.295 e. The standard InChI is InChI=1S/C16H16ClN3O3S/c1-19-14-7-6-13(9-15(14)20(2)16(19)21)18-24(22,23)10-11-4-3-5-12(17)8-11/h3-9,18H,10H2,1-2H3. The molecule has 0 fully saturated rings. The Labute approximate surface area is 144 Å². The van der Waals surface area contributed by atoms with Crippen molar-refractivity contribution < 1.29 is 8.42 Å². The molecule has 1 N–H and O–H groups in total. The number of nitrogens with zero attached hydrogens (tertiary/aromatic N) is 2. The van der Waals surface area contributed by atoms with Crippen LogP contribution < -0.4 is 10.4 Å². The van der Waals surface area contributed by atoms with Gasteiger partial charge in [0.25, 0.3) is 0 Å². The number of imidazole rings is 1. The first-order valence-electron chi connectivity index (χ1n) is 7.17. The SMILES string of the molecule is Cn1c(=O)n(C)c2cc(NS(=O)(=O)Cc3cccc(Cl)c3)ccc21.